The SMILES string of the molecule is Clc1ccc2ccc(COc3cccc(-c4nn[nH]n4)c3)nc2c1. The van der Waals surface area contributed by atoms with Crippen LogP contribution in [0.3, 0.4) is 0 Å². The van der Waals surface area contributed by atoms with Crippen molar-refractivity contribution in [3.8, 4) is 17.1 Å². The van der Waals surface area contributed by atoms with Gasteiger partial charge >= 0.3 is 0 Å². The third-order valence-electron chi connectivity index (χ3n) is 3.54. The van der Waals surface area contributed by atoms with E-state index in [0.29, 0.717) is 23.2 Å². The second-order valence-electron chi connectivity index (χ2n) is 5.19. The fourth-order valence-electron chi connectivity index (χ4n) is 2.38. The average molecular weight is 338 g/mol. The van der Waals surface area contributed by atoms with Gasteiger partial charge in [0, 0.05) is 16.0 Å². The van der Waals surface area contributed by atoms with Gasteiger partial charge in [-0.05, 0) is 35.5 Å². The molecule has 118 valence electrons. The lowest BCUT2D eigenvalue weighted by Gasteiger charge is -2.07. The predicted molar refractivity (Wildman–Crippen MR) is 90.7 cm³/mol. The highest BCUT2D eigenvalue weighted by molar-refractivity contribution is 6.31. The third kappa shape index (κ3) is 3.04. The highest BCUT2D eigenvalue weighted by Crippen LogP contribution is 2.22. The molecular weight excluding hydrogens is 326 g/mol. The summed E-state index contributed by atoms with van der Waals surface area (Å²) in [5.74, 6) is 1.24. The quantitative estimate of drug-likeness (QED) is 0.615. The van der Waals surface area contributed by atoms with E-state index in [0.717, 1.165) is 22.2 Å². The van der Waals surface area contributed by atoms with Crippen molar-refractivity contribution in [2.45, 2.75) is 6.61 Å². The van der Waals surface area contributed by atoms with Gasteiger partial charge in [-0.1, -0.05) is 35.9 Å². The lowest BCUT2D eigenvalue weighted by molar-refractivity contribution is 0.302. The Hall–Kier alpha value is -2.99. The topological polar surface area (TPSA) is 76.6 Å². The van der Waals surface area contributed by atoms with E-state index in [2.05, 4.69) is 25.6 Å². The highest BCUT2D eigenvalue weighted by atomic mass is 35.5. The van der Waals surface area contributed by atoms with E-state index in [1.165, 1.54) is 0 Å². The first-order chi connectivity index (χ1) is 11.8. The van der Waals surface area contributed by atoms with Crippen molar-refractivity contribution < 1.29 is 4.74 Å². The molecular formula is C17H12ClN5O. The Morgan fingerprint density at radius 2 is 1.96 bits per heavy atom. The Morgan fingerprint density at radius 1 is 1.04 bits per heavy atom. The number of nitrogens with zero attached hydrogens (tertiary/aromatic N) is 4. The lowest BCUT2D eigenvalue weighted by atomic mass is 10.2. The number of pyridine rings is 1. The van der Waals surface area contributed by atoms with Crippen molar-refractivity contribution in [1.29, 1.82) is 0 Å². The van der Waals surface area contributed by atoms with Gasteiger partial charge in [-0.2, -0.15) is 5.21 Å². The minimum atomic E-state index is 0.359. The highest BCUT2D eigenvalue weighted by Gasteiger charge is 2.05. The van der Waals surface area contributed by atoms with Crippen molar-refractivity contribution in [2.24, 2.45) is 0 Å². The molecule has 0 bridgehead atoms. The van der Waals surface area contributed by atoms with Gasteiger partial charge in [0.2, 0.25) is 5.82 Å². The number of tetrazole rings is 1. The van der Waals surface area contributed by atoms with Gasteiger partial charge in [-0.25, -0.2) is 4.98 Å². The molecule has 4 aromatic rings. The molecule has 0 unspecified atom stereocenters. The van der Waals surface area contributed by atoms with Gasteiger partial charge in [0.05, 0.1) is 11.2 Å². The maximum absolute atomic E-state index is 6.02. The molecule has 1 N–H and O–H groups in total. The molecule has 6 nitrogen and oxygen atoms in total. The first-order valence-electron chi connectivity index (χ1n) is 7.30. The molecule has 0 atom stereocenters. The van der Waals surface area contributed by atoms with Crippen LogP contribution >= 0.6 is 11.6 Å². The fourth-order valence-corrected chi connectivity index (χ4v) is 2.55. The molecule has 0 radical (unpaired) electrons. The van der Waals surface area contributed by atoms with Gasteiger partial charge < -0.3 is 4.74 Å². The van der Waals surface area contributed by atoms with Crippen LogP contribution in [0.15, 0.2) is 54.6 Å². The summed E-state index contributed by atoms with van der Waals surface area (Å²) < 4.78 is 5.83. The summed E-state index contributed by atoms with van der Waals surface area (Å²) in [5, 5.41) is 15.6. The normalized spacial score (nSPS) is 10.9. The molecule has 24 heavy (non-hydrogen) atoms. The summed E-state index contributed by atoms with van der Waals surface area (Å²) in [5.41, 5.74) is 2.51. The Balaban J connectivity index is 1.53. The van der Waals surface area contributed by atoms with Gasteiger partial charge in [-0.3, -0.25) is 0 Å². The van der Waals surface area contributed by atoms with Crippen LogP contribution in [0, 0.1) is 0 Å². The van der Waals surface area contributed by atoms with Crippen LogP contribution in [0.2, 0.25) is 5.02 Å². The maximum Gasteiger partial charge on any atom is 0.204 e. The summed E-state index contributed by atoms with van der Waals surface area (Å²) in [6, 6.07) is 17.1. The largest absolute Gasteiger partial charge is 0.487 e. The molecule has 0 saturated heterocycles. The second kappa shape index (κ2) is 6.25. The summed E-state index contributed by atoms with van der Waals surface area (Å²) in [7, 11) is 0. The van der Waals surface area contributed by atoms with Crippen LogP contribution in [-0.2, 0) is 6.61 Å². The number of nitrogens with one attached hydrogen (secondary N) is 1. The Morgan fingerprint density at radius 3 is 2.83 bits per heavy atom. The van der Waals surface area contributed by atoms with E-state index < -0.39 is 0 Å². The summed E-state index contributed by atoms with van der Waals surface area (Å²) in [6.07, 6.45) is 0. The van der Waals surface area contributed by atoms with Crippen molar-refractivity contribution in [2.75, 3.05) is 0 Å². The number of aromatic amines is 1. The monoisotopic (exact) mass is 337 g/mol. The number of hydrogen-bond acceptors (Lipinski definition) is 5. The Labute approximate surface area is 142 Å². The second-order valence-corrected chi connectivity index (χ2v) is 5.63. The molecule has 2 aromatic heterocycles. The molecule has 0 aliphatic rings. The van der Waals surface area contributed by atoms with Gasteiger partial charge in [-0.15, -0.1) is 10.2 Å². The first-order valence-corrected chi connectivity index (χ1v) is 7.68. The van der Waals surface area contributed by atoms with Crippen molar-refractivity contribution in [1.82, 2.24) is 25.6 Å². The molecule has 0 aliphatic heterocycles. The fraction of sp³-hybridized carbons (Fsp3) is 0.0588. The Kier molecular flexibility index (Phi) is 3.80. The zero-order valence-corrected chi connectivity index (χ0v) is 13.2. The van der Waals surface area contributed by atoms with Crippen LogP contribution in [0.4, 0.5) is 0 Å². The van der Waals surface area contributed by atoms with E-state index in [1.54, 1.807) is 0 Å². The minimum Gasteiger partial charge on any atom is -0.487 e. The number of fused-ring (bicyclic) bond motifs is 1. The number of rotatable bonds is 4. The molecule has 7 heteroatoms. The molecule has 2 aromatic carbocycles. The van der Waals surface area contributed by atoms with Gasteiger partial charge in [0.1, 0.15) is 12.4 Å². The van der Waals surface area contributed by atoms with Crippen LogP contribution in [0.1, 0.15) is 5.69 Å². The number of H-pyrrole nitrogens is 1. The molecule has 4 rings (SSSR count). The van der Waals surface area contributed by atoms with Crippen LogP contribution in [0.5, 0.6) is 5.75 Å². The van der Waals surface area contributed by atoms with E-state index in [9.17, 15) is 0 Å². The number of aromatic nitrogens is 5. The van der Waals surface area contributed by atoms with E-state index in [4.69, 9.17) is 16.3 Å². The Bertz CT molecular complexity index is 987. The molecule has 0 spiro atoms. The van der Waals surface area contributed by atoms with Crippen LogP contribution < -0.4 is 4.74 Å². The summed E-state index contributed by atoms with van der Waals surface area (Å²) >= 11 is 6.02. The molecule has 0 aliphatic carbocycles. The van der Waals surface area contributed by atoms with E-state index in [-0.39, 0.29) is 0 Å². The number of ether oxygens (including phenoxy) is 1. The number of benzene rings is 2. The predicted octanol–water partition coefficient (Wildman–Crippen LogP) is 3.65. The molecule has 2 heterocycles. The third-order valence-corrected chi connectivity index (χ3v) is 3.77. The van der Waals surface area contributed by atoms with Gasteiger partial charge in [0.25, 0.3) is 0 Å². The van der Waals surface area contributed by atoms with E-state index in [1.807, 2.05) is 54.6 Å². The maximum atomic E-state index is 6.02. The van der Waals surface area contributed by atoms with Crippen LogP contribution in [-0.4, -0.2) is 25.6 Å². The van der Waals surface area contributed by atoms with Crippen molar-refractivity contribution >= 4 is 22.5 Å². The lowest BCUT2D eigenvalue weighted by Crippen LogP contribution is -1.98. The zero-order chi connectivity index (χ0) is 16.4. The van der Waals surface area contributed by atoms with Crippen molar-refractivity contribution in [3.05, 3.63) is 65.3 Å². The van der Waals surface area contributed by atoms with Gasteiger partial charge in [0.15, 0.2) is 0 Å². The summed E-state index contributed by atoms with van der Waals surface area (Å²) in [6.45, 7) is 0.359. The van der Waals surface area contributed by atoms with E-state index >= 15 is 0 Å². The zero-order valence-electron chi connectivity index (χ0n) is 12.5. The minimum absolute atomic E-state index is 0.359. The van der Waals surface area contributed by atoms with Crippen LogP contribution in [0.25, 0.3) is 22.3 Å². The molecule has 0 amide bonds. The standard InChI is InChI=1S/C17H12ClN5O/c18-13-6-4-11-5-7-14(19-16(11)9-13)10-24-15-3-1-2-12(8-15)17-20-22-23-21-17/h1-9H,10H2,(H,20,21,22,23). The average Bonchev–Trinajstić information content (AvgIpc) is 3.14. The molecule has 0 fully saturated rings. The number of hydrogen-bond donors (Lipinski definition) is 1. The smallest absolute Gasteiger partial charge is 0.204 e. The number of halogens is 1. The first kappa shape index (κ1) is 14.6. The van der Waals surface area contributed by atoms with Crippen molar-refractivity contribution in [3.63, 3.8) is 0 Å². The summed E-state index contributed by atoms with van der Waals surface area (Å²) in [4.78, 5) is 4.57. The molecule has 0 saturated carbocycles.